The molecule has 1 fully saturated rings. The van der Waals surface area contributed by atoms with Gasteiger partial charge in [0, 0.05) is 10.7 Å². The van der Waals surface area contributed by atoms with Gasteiger partial charge in [-0.25, -0.2) is 0 Å². The topological polar surface area (TPSA) is 66.8 Å². The lowest BCUT2D eigenvalue weighted by atomic mass is 9.94. The van der Waals surface area contributed by atoms with Gasteiger partial charge < -0.3 is 9.84 Å². The summed E-state index contributed by atoms with van der Waals surface area (Å²) in [6.07, 6.45) is 0. The summed E-state index contributed by atoms with van der Waals surface area (Å²) in [7, 11) is 1.48. The van der Waals surface area contributed by atoms with Crippen LogP contribution in [0.1, 0.15) is 22.7 Å². The first-order valence-corrected chi connectivity index (χ1v) is 10.1. The zero-order valence-corrected chi connectivity index (χ0v) is 17.8. The quantitative estimate of drug-likeness (QED) is 0.345. The summed E-state index contributed by atoms with van der Waals surface area (Å²) in [6, 6.07) is 20.2. The first kappa shape index (κ1) is 20.7. The number of ketones is 1. The molecule has 1 aliphatic rings. The van der Waals surface area contributed by atoms with Crippen LogP contribution < -0.4 is 9.64 Å². The number of carbonyl (C=O) groups is 2. The number of anilines is 1. The van der Waals surface area contributed by atoms with Gasteiger partial charge in [0.1, 0.15) is 11.5 Å². The van der Waals surface area contributed by atoms with Crippen LogP contribution in [0.5, 0.6) is 5.75 Å². The smallest absolute Gasteiger partial charge is 0.300 e. The Morgan fingerprint density at radius 2 is 1.74 bits per heavy atom. The Bertz CT molecular complexity index is 1220. The Hall–Kier alpha value is -3.57. The SMILES string of the molecule is COc1ccccc1/C(O)=C1\C(=O)C(=O)N(c2cccc(Cl)c2)C1c1cccc(C)c1. The Labute approximate surface area is 185 Å². The van der Waals surface area contributed by atoms with Gasteiger partial charge in [0.2, 0.25) is 0 Å². The van der Waals surface area contributed by atoms with Gasteiger partial charge >= 0.3 is 0 Å². The van der Waals surface area contributed by atoms with Crippen LogP contribution in [0.25, 0.3) is 5.76 Å². The average Bonchev–Trinajstić information content (AvgIpc) is 3.04. The van der Waals surface area contributed by atoms with Gasteiger partial charge in [0.05, 0.1) is 24.3 Å². The summed E-state index contributed by atoms with van der Waals surface area (Å²) < 4.78 is 5.35. The summed E-state index contributed by atoms with van der Waals surface area (Å²) in [6.45, 7) is 1.93. The molecule has 156 valence electrons. The van der Waals surface area contributed by atoms with Crippen LogP contribution in [0.15, 0.2) is 78.4 Å². The maximum Gasteiger partial charge on any atom is 0.300 e. The van der Waals surface area contributed by atoms with E-state index < -0.39 is 17.7 Å². The van der Waals surface area contributed by atoms with E-state index in [1.54, 1.807) is 48.5 Å². The van der Waals surface area contributed by atoms with Crippen LogP contribution in [0, 0.1) is 6.92 Å². The molecule has 4 rings (SSSR count). The molecule has 1 saturated heterocycles. The fourth-order valence-electron chi connectivity index (χ4n) is 3.87. The number of ether oxygens (including phenoxy) is 1. The summed E-state index contributed by atoms with van der Waals surface area (Å²) in [5.74, 6) is -1.39. The van der Waals surface area contributed by atoms with Crippen molar-refractivity contribution in [3.05, 3.63) is 100 Å². The standard InChI is InChI=1S/C25H20ClNO4/c1-15-7-5-8-16(13-15)22-21(23(28)19-11-3-4-12-20(19)31-2)24(29)25(30)27(22)18-10-6-9-17(26)14-18/h3-14,22,28H,1-2H3/b23-21+. The number of methoxy groups -OCH3 is 1. The van der Waals surface area contributed by atoms with Crippen molar-refractivity contribution in [2.45, 2.75) is 13.0 Å². The lowest BCUT2D eigenvalue weighted by Gasteiger charge is -2.26. The number of carbonyl (C=O) groups excluding carboxylic acids is 2. The fraction of sp³-hybridized carbons (Fsp3) is 0.120. The number of halogens is 1. The monoisotopic (exact) mass is 433 g/mol. The third-order valence-corrected chi connectivity index (χ3v) is 5.49. The zero-order chi connectivity index (χ0) is 22.1. The van der Waals surface area contributed by atoms with E-state index >= 15 is 0 Å². The minimum absolute atomic E-state index is 0.0000699. The Balaban J connectivity index is 1.99. The molecule has 1 N–H and O–H groups in total. The van der Waals surface area contributed by atoms with Gasteiger partial charge in [-0.3, -0.25) is 14.5 Å². The predicted octanol–water partition coefficient (Wildman–Crippen LogP) is 5.28. The maximum atomic E-state index is 13.2. The first-order valence-electron chi connectivity index (χ1n) is 9.69. The number of hydrogen-bond donors (Lipinski definition) is 1. The maximum absolute atomic E-state index is 13.2. The summed E-state index contributed by atoms with van der Waals surface area (Å²) in [4.78, 5) is 27.7. The molecule has 0 spiro atoms. The second-order valence-electron chi connectivity index (χ2n) is 7.26. The summed E-state index contributed by atoms with van der Waals surface area (Å²) in [5, 5.41) is 11.7. The van der Waals surface area contributed by atoms with Gasteiger partial charge in [-0.05, 0) is 42.8 Å². The number of para-hydroxylation sites is 1. The molecule has 3 aromatic carbocycles. The average molecular weight is 434 g/mol. The van der Waals surface area contributed by atoms with Gasteiger partial charge in [0.25, 0.3) is 11.7 Å². The van der Waals surface area contributed by atoms with Crippen LogP contribution in [0.4, 0.5) is 5.69 Å². The molecule has 0 aliphatic carbocycles. The van der Waals surface area contributed by atoms with Crippen LogP contribution in [0.2, 0.25) is 5.02 Å². The highest BCUT2D eigenvalue weighted by Gasteiger charge is 2.47. The Morgan fingerprint density at radius 1 is 1.00 bits per heavy atom. The molecule has 1 aliphatic heterocycles. The van der Waals surface area contributed by atoms with Gasteiger partial charge in [-0.2, -0.15) is 0 Å². The van der Waals surface area contributed by atoms with E-state index in [1.807, 2.05) is 31.2 Å². The molecule has 1 heterocycles. The lowest BCUT2D eigenvalue weighted by molar-refractivity contribution is -0.132. The van der Waals surface area contributed by atoms with E-state index in [4.69, 9.17) is 16.3 Å². The highest BCUT2D eigenvalue weighted by Crippen LogP contribution is 2.43. The highest BCUT2D eigenvalue weighted by atomic mass is 35.5. The molecule has 0 radical (unpaired) electrons. The van der Waals surface area contributed by atoms with Crippen LogP contribution in [-0.4, -0.2) is 23.9 Å². The van der Waals surface area contributed by atoms with E-state index in [1.165, 1.54) is 12.0 Å². The van der Waals surface area contributed by atoms with Crippen molar-refractivity contribution in [2.24, 2.45) is 0 Å². The molecule has 5 nitrogen and oxygen atoms in total. The van der Waals surface area contributed by atoms with Gasteiger partial charge in [-0.15, -0.1) is 0 Å². The number of Topliss-reactive ketones (excluding diaryl/α,β-unsaturated/α-hetero) is 1. The van der Waals surface area contributed by atoms with E-state index in [2.05, 4.69) is 0 Å². The molecule has 6 heteroatoms. The first-order chi connectivity index (χ1) is 14.9. The van der Waals surface area contributed by atoms with Gasteiger partial charge in [0.15, 0.2) is 0 Å². The molecule has 31 heavy (non-hydrogen) atoms. The number of amides is 1. The summed E-state index contributed by atoms with van der Waals surface area (Å²) in [5.41, 5.74) is 2.48. The van der Waals surface area contributed by atoms with Crippen LogP contribution in [-0.2, 0) is 9.59 Å². The molecule has 1 unspecified atom stereocenters. The van der Waals surface area contributed by atoms with Crippen LogP contribution in [0.3, 0.4) is 0 Å². The fourth-order valence-corrected chi connectivity index (χ4v) is 4.05. The predicted molar refractivity (Wildman–Crippen MR) is 120 cm³/mol. The molecule has 0 bridgehead atoms. The molecule has 1 atom stereocenters. The minimum atomic E-state index is -0.816. The molecule has 0 aromatic heterocycles. The largest absolute Gasteiger partial charge is 0.507 e. The number of rotatable bonds is 4. The van der Waals surface area contributed by atoms with E-state index in [-0.39, 0.29) is 11.3 Å². The number of benzene rings is 3. The molecule has 1 amide bonds. The molecule has 3 aromatic rings. The number of aryl methyl sites for hydroxylation is 1. The third kappa shape index (κ3) is 3.68. The molecular weight excluding hydrogens is 414 g/mol. The second kappa shape index (κ2) is 8.28. The van der Waals surface area contributed by atoms with Crippen molar-refractivity contribution in [3.8, 4) is 5.75 Å². The number of hydrogen-bond acceptors (Lipinski definition) is 4. The zero-order valence-electron chi connectivity index (χ0n) is 17.0. The van der Waals surface area contributed by atoms with Crippen molar-refractivity contribution in [3.63, 3.8) is 0 Å². The van der Waals surface area contributed by atoms with E-state index in [0.717, 1.165) is 5.56 Å². The van der Waals surface area contributed by atoms with Crippen molar-refractivity contribution < 1.29 is 19.4 Å². The van der Waals surface area contributed by atoms with Crippen molar-refractivity contribution >= 4 is 34.7 Å². The van der Waals surface area contributed by atoms with E-state index in [0.29, 0.717) is 27.6 Å². The van der Waals surface area contributed by atoms with E-state index in [9.17, 15) is 14.7 Å². The van der Waals surface area contributed by atoms with Crippen molar-refractivity contribution in [2.75, 3.05) is 12.0 Å². The highest BCUT2D eigenvalue weighted by molar-refractivity contribution is 6.51. The lowest BCUT2D eigenvalue weighted by Crippen LogP contribution is -2.29. The molecular formula is C25H20ClNO4. The normalized spacial score (nSPS) is 17.8. The number of nitrogens with zero attached hydrogens (tertiary/aromatic N) is 1. The summed E-state index contributed by atoms with van der Waals surface area (Å²) >= 11 is 6.16. The van der Waals surface area contributed by atoms with Crippen molar-refractivity contribution in [1.29, 1.82) is 0 Å². The minimum Gasteiger partial charge on any atom is -0.507 e. The Kier molecular flexibility index (Phi) is 5.53. The van der Waals surface area contributed by atoms with Gasteiger partial charge in [-0.1, -0.05) is 59.6 Å². The molecule has 0 saturated carbocycles. The Morgan fingerprint density at radius 3 is 2.45 bits per heavy atom. The van der Waals surface area contributed by atoms with Crippen molar-refractivity contribution in [1.82, 2.24) is 0 Å². The third-order valence-electron chi connectivity index (χ3n) is 5.25. The van der Waals surface area contributed by atoms with Crippen LogP contribution >= 0.6 is 11.6 Å². The number of aliphatic hydroxyl groups is 1. The second-order valence-corrected chi connectivity index (χ2v) is 7.70. The number of aliphatic hydroxyl groups excluding tert-OH is 1.